The Morgan fingerprint density at radius 1 is 1.63 bits per heavy atom. The highest BCUT2D eigenvalue weighted by atomic mass is 32.2. The zero-order chi connectivity index (χ0) is 14.5. The van der Waals surface area contributed by atoms with Gasteiger partial charge in [-0.2, -0.15) is 0 Å². The van der Waals surface area contributed by atoms with Gasteiger partial charge in [-0.1, -0.05) is 11.8 Å². The smallest absolute Gasteiger partial charge is 0.326 e. The number of nitrogens with one attached hydrogen (secondary N) is 1. The molecule has 6 nitrogen and oxygen atoms in total. The average molecular weight is 286 g/mol. The van der Waals surface area contributed by atoms with E-state index < -0.39 is 5.54 Å². The normalized spacial score (nSPS) is 14.4. The third-order valence-corrected chi connectivity index (χ3v) is 3.84. The first-order valence-electron chi connectivity index (χ1n) is 6.30. The van der Waals surface area contributed by atoms with Gasteiger partial charge in [-0.15, -0.1) is 10.2 Å². The van der Waals surface area contributed by atoms with Crippen molar-refractivity contribution in [2.45, 2.75) is 44.4 Å². The minimum absolute atomic E-state index is 0.189. The van der Waals surface area contributed by atoms with E-state index in [2.05, 4.69) is 15.5 Å². The first-order valence-corrected chi connectivity index (χ1v) is 7.29. The number of nitrogens with zero attached hydrogens (tertiary/aromatic N) is 3. The van der Waals surface area contributed by atoms with Crippen molar-refractivity contribution in [2.75, 3.05) is 12.4 Å². The van der Waals surface area contributed by atoms with E-state index in [-0.39, 0.29) is 12.0 Å². The quantitative estimate of drug-likeness (QED) is 0.600. The number of ether oxygens (including phenoxy) is 1. The van der Waals surface area contributed by atoms with Crippen LogP contribution >= 0.6 is 11.8 Å². The van der Waals surface area contributed by atoms with Gasteiger partial charge in [0.1, 0.15) is 11.9 Å². The van der Waals surface area contributed by atoms with Gasteiger partial charge in [0, 0.05) is 18.8 Å². The Balaban J connectivity index is 2.74. The average Bonchev–Trinajstić information content (AvgIpc) is 2.72. The summed E-state index contributed by atoms with van der Waals surface area (Å²) in [6.45, 7) is 8.05. The van der Waals surface area contributed by atoms with Crippen molar-refractivity contribution in [2.24, 2.45) is 7.05 Å². The summed E-state index contributed by atoms with van der Waals surface area (Å²) in [6, 6.07) is 0.189. The molecule has 1 unspecified atom stereocenters. The van der Waals surface area contributed by atoms with Crippen molar-refractivity contribution in [3.8, 4) is 0 Å². The number of hydrogen-bond acceptors (Lipinski definition) is 6. The van der Waals surface area contributed by atoms with Gasteiger partial charge >= 0.3 is 5.97 Å². The summed E-state index contributed by atoms with van der Waals surface area (Å²) in [7, 11) is 1.87. The maximum absolute atomic E-state index is 12.1. The van der Waals surface area contributed by atoms with Gasteiger partial charge in [0.05, 0.1) is 6.61 Å². The van der Waals surface area contributed by atoms with Crippen molar-refractivity contribution in [1.82, 2.24) is 20.1 Å². The molecule has 0 saturated heterocycles. The van der Waals surface area contributed by atoms with Crippen LogP contribution in [0.15, 0.2) is 11.5 Å². The molecule has 0 aromatic carbocycles. The number of carbonyl (C=O) groups excluding carboxylic acids is 1. The second-order valence-corrected chi connectivity index (χ2v) is 5.81. The summed E-state index contributed by atoms with van der Waals surface area (Å²) in [5.41, 5.74) is -0.735. The molecule has 0 amide bonds. The summed E-state index contributed by atoms with van der Waals surface area (Å²) >= 11 is 1.48. The number of rotatable bonds is 7. The molecule has 1 heterocycles. The maximum atomic E-state index is 12.1. The van der Waals surface area contributed by atoms with Gasteiger partial charge in [-0.3, -0.25) is 10.1 Å². The van der Waals surface area contributed by atoms with Crippen LogP contribution in [0.3, 0.4) is 0 Å². The van der Waals surface area contributed by atoms with E-state index in [0.717, 1.165) is 5.16 Å². The lowest BCUT2D eigenvalue weighted by Crippen LogP contribution is -2.55. The zero-order valence-corrected chi connectivity index (χ0v) is 13.0. The minimum Gasteiger partial charge on any atom is -0.465 e. The predicted molar refractivity (Wildman–Crippen MR) is 75.0 cm³/mol. The Morgan fingerprint density at radius 2 is 2.32 bits per heavy atom. The molecule has 0 aliphatic rings. The van der Waals surface area contributed by atoms with E-state index in [1.165, 1.54) is 11.8 Å². The lowest BCUT2D eigenvalue weighted by atomic mass is 10.0. The number of carbonyl (C=O) groups is 1. The Morgan fingerprint density at radius 3 is 2.79 bits per heavy atom. The van der Waals surface area contributed by atoms with Gasteiger partial charge in [-0.05, 0) is 27.7 Å². The largest absolute Gasteiger partial charge is 0.465 e. The lowest BCUT2D eigenvalue weighted by Gasteiger charge is -2.30. The van der Waals surface area contributed by atoms with Gasteiger partial charge < -0.3 is 9.30 Å². The summed E-state index contributed by atoms with van der Waals surface area (Å²) in [4.78, 5) is 12.1. The first kappa shape index (κ1) is 16.0. The highest BCUT2D eigenvalue weighted by Crippen LogP contribution is 2.21. The van der Waals surface area contributed by atoms with Crippen molar-refractivity contribution >= 4 is 17.7 Å². The van der Waals surface area contributed by atoms with Crippen LogP contribution in [0.5, 0.6) is 0 Å². The number of esters is 1. The van der Waals surface area contributed by atoms with E-state index in [0.29, 0.717) is 12.4 Å². The molecule has 108 valence electrons. The molecule has 0 fully saturated rings. The molecule has 0 aliphatic carbocycles. The number of thioether (sulfide) groups is 1. The summed E-state index contributed by atoms with van der Waals surface area (Å²) in [6.07, 6.45) is 1.64. The first-order chi connectivity index (χ1) is 8.89. The van der Waals surface area contributed by atoms with Crippen LogP contribution in [0, 0.1) is 0 Å². The van der Waals surface area contributed by atoms with Crippen LogP contribution < -0.4 is 5.32 Å². The van der Waals surface area contributed by atoms with Crippen LogP contribution in [0.1, 0.15) is 27.7 Å². The summed E-state index contributed by atoms with van der Waals surface area (Å²) in [5.74, 6) is 0.301. The molecule has 0 radical (unpaired) electrons. The van der Waals surface area contributed by atoms with Crippen LogP contribution in [-0.2, 0) is 16.6 Å². The molecular formula is C12H22N4O2S. The molecule has 0 bridgehead atoms. The predicted octanol–water partition coefficient (Wildman–Crippen LogP) is 1.23. The van der Waals surface area contributed by atoms with E-state index in [9.17, 15) is 4.79 Å². The second kappa shape index (κ2) is 6.91. The topological polar surface area (TPSA) is 69.0 Å². The number of aryl methyl sites for hydroxylation is 1. The Kier molecular flexibility index (Phi) is 5.81. The van der Waals surface area contributed by atoms with Crippen LogP contribution in [0.4, 0.5) is 0 Å². The lowest BCUT2D eigenvalue weighted by molar-refractivity contribution is -0.149. The number of aromatic nitrogens is 3. The van der Waals surface area contributed by atoms with E-state index in [1.54, 1.807) is 6.33 Å². The molecule has 1 aromatic rings. The Labute approximate surface area is 118 Å². The van der Waals surface area contributed by atoms with Crippen molar-refractivity contribution in [3.63, 3.8) is 0 Å². The van der Waals surface area contributed by atoms with Crippen LogP contribution in [0.25, 0.3) is 0 Å². The third-order valence-electron chi connectivity index (χ3n) is 2.49. The van der Waals surface area contributed by atoms with Gasteiger partial charge in [-0.25, -0.2) is 0 Å². The van der Waals surface area contributed by atoms with Crippen molar-refractivity contribution < 1.29 is 9.53 Å². The molecular weight excluding hydrogens is 264 g/mol. The molecule has 0 aliphatic heterocycles. The monoisotopic (exact) mass is 286 g/mol. The molecule has 1 atom stereocenters. The molecule has 7 heteroatoms. The fourth-order valence-electron chi connectivity index (χ4n) is 1.70. The highest BCUT2D eigenvalue weighted by molar-refractivity contribution is 7.99. The third kappa shape index (κ3) is 4.50. The Hall–Kier alpha value is -1.08. The van der Waals surface area contributed by atoms with Gasteiger partial charge in [0.2, 0.25) is 0 Å². The van der Waals surface area contributed by atoms with Crippen LogP contribution in [-0.4, -0.2) is 44.7 Å². The molecule has 0 spiro atoms. The van der Waals surface area contributed by atoms with Crippen molar-refractivity contribution in [1.29, 1.82) is 0 Å². The molecule has 1 rings (SSSR count). The summed E-state index contributed by atoms with van der Waals surface area (Å²) in [5, 5.41) is 11.9. The number of hydrogen-bond donors (Lipinski definition) is 1. The van der Waals surface area contributed by atoms with E-state index in [1.807, 2.05) is 39.3 Å². The molecule has 1 aromatic heterocycles. The SMILES string of the molecule is CCOC(=O)C(C)(CSc1nncn1C)NC(C)C. The Bertz CT molecular complexity index is 422. The second-order valence-electron chi connectivity index (χ2n) is 4.86. The molecule has 19 heavy (non-hydrogen) atoms. The maximum Gasteiger partial charge on any atom is 0.326 e. The van der Waals surface area contributed by atoms with E-state index >= 15 is 0 Å². The molecule has 0 saturated carbocycles. The van der Waals surface area contributed by atoms with Gasteiger partial charge in [0.15, 0.2) is 5.16 Å². The van der Waals surface area contributed by atoms with Crippen molar-refractivity contribution in [3.05, 3.63) is 6.33 Å². The van der Waals surface area contributed by atoms with E-state index in [4.69, 9.17) is 4.74 Å². The fraction of sp³-hybridized carbons (Fsp3) is 0.750. The van der Waals surface area contributed by atoms with Gasteiger partial charge in [0.25, 0.3) is 0 Å². The minimum atomic E-state index is -0.735. The van der Waals surface area contributed by atoms with Crippen LogP contribution in [0.2, 0.25) is 0 Å². The summed E-state index contributed by atoms with van der Waals surface area (Å²) < 4.78 is 6.98. The fourth-order valence-corrected chi connectivity index (χ4v) is 2.67. The highest BCUT2D eigenvalue weighted by Gasteiger charge is 2.35. The zero-order valence-electron chi connectivity index (χ0n) is 12.1. The standard InChI is InChI=1S/C12H22N4O2S/c1-6-18-10(17)12(4,14-9(2)3)7-19-11-15-13-8-16(11)5/h8-9,14H,6-7H2,1-5H3. The molecule has 1 N–H and O–H groups in total.